The molecule has 21 heavy (non-hydrogen) atoms. The van der Waals surface area contributed by atoms with Crippen molar-refractivity contribution < 1.29 is 4.42 Å². The maximum absolute atomic E-state index is 5.91. The molecule has 0 aliphatic rings. The summed E-state index contributed by atoms with van der Waals surface area (Å²) in [6, 6.07) is 18.2. The molecule has 2 aromatic heterocycles. The minimum atomic E-state index is 0.668. The average molecular weight is 274 g/mol. The molecule has 0 bridgehead atoms. The highest BCUT2D eigenvalue weighted by molar-refractivity contribution is 6.10. The molecule has 0 unspecified atom stereocenters. The monoisotopic (exact) mass is 274 g/mol. The van der Waals surface area contributed by atoms with Crippen molar-refractivity contribution in [1.82, 2.24) is 9.97 Å². The van der Waals surface area contributed by atoms with Gasteiger partial charge in [-0.3, -0.25) is 0 Å². The summed E-state index contributed by atoms with van der Waals surface area (Å²) in [6.07, 6.45) is 0.785. The maximum atomic E-state index is 5.91. The van der Waals surface area contributed by atoms with E-state index in [1.54, 1.807) is 0 Å². The van der Waals surface area contributed by atoms with Gasteiger partial charge in [0.15, 0.2) is 0 Å². The molecule has 3 nitrogen and oxygen atoms in total. The molecule has 0 atom stereocenters. The van der Waals surface area contributed by atoms with Gasteiger partial charge in [-0.15, -0.1) is 0 Å². The Morgan fingerprint density at radius 1 is 0.905 bits per heavy atom. The molecular weight excluding hydrogens is 260 g/mol. The van der Waals surface area contributed by atoms with Gasteiger partial charge in [0, 0.05) is 17.4 Å². The fourth-order valence-electron chi connectivity index (χ4n) is 2.63. The minimum Gasteiger partial charge on any atom is -0.438 e. The van der Waals surface area contributed by atoms with Crippen LogP contribution in [-0.4, -0.2) is 9.97 Å². The van der Waals surface area contributed by atoms with Crippen LogP contribution in [0, 0.1) is 0 Å². The molecule has 4 aromatic rings. The third kappa shape index (κ3) is 1.89. The summed E-state index contributed by atoms with van der Waals surface area (Å²) in [4.78, 5) is 9.28. The summed E-state index contributed by atoms with van der Waals surface area (Å²) in [5, 5.41) is 2.06. The van der Waals surface area contributed by atoms with Crippen molar-refractivity contribution in [1.29, 1.82) is 0 Å². The third-order valence-corrected chi connectivity index (χ3v) is 3.65. The molecule has 0 radical (unpaired) electrons. The zero-order chi connectivity index (χ0) is 14.2. The maximum Gasteiger partial charge on any atom is 0.231 e. The number of aryl methyl sites for hydroxylation is 1. The number of furan rings is 1. The fraction of sp³-hybridized carbons (Fsp3) is 0.111. The zero-order valence-corrected chi connectivity index (χ0v) is 11.7. The first-order valence-corrected chi connectivity index (χ1v) is 7.10. The Balaban J connectivity index is 2.16. The number of benzene rings is 2. The zero-order valence-electron chi connectivity index (χ0n) is 11.7. The first-order chi connectivity index (χ1) is 10.4. The summed E-state index contributed by atoms with van der Waals surface area (Å²) < 4.78 is 5.91. The Labute approximate surface area is 122 Å². The Hall–Kier alpha value is -2.68. The highest BCUT2D eigenvalue weighted by Gasteiger charge is 2.16. The lowest BCUT2D eigenvalue weighted by molar-refractivity contribution is 0.649. The van der Waals surface area contributed by atoms with Gasteiger partial charge in [0.1, 0.15) is 11.4 Å². The predicted octanol–water partition coefficient (Wildman–Crippen LogP) is 4.61. The van der Waals surface area contributed by atoms with Crippen LogP contribution in [-0.2, 0) is 6.42 Å². The van der Waals surface area contributed by atoms with Crippen LogP contribution in [0.15, 0.2) is 59.0 Å². The molecule has 3 heteroatoms. The van der Waals surface area contributed by atoms with Crippen molar-refractivity contribution >= 4 is 22.1 Å². The van der Waals surface area contributed by atoms with Crippen LogP contribution >= 0.6 is 0 Å². The first kappa shape index (κ1) is 12.1. The third-order valence-electron chi connectivity index (χ3n) is 3.65. The second-order valence-corrected chi connectivity index (χ2v) is 4.99. The molecular formula is C18H14N2O. The summed E-state index contributed by atoms with van der Waals surface area (Å²) in [5.74, 6) is 0.806. The lowest BCUT2D eigenvalue weighted by atomic mass is 10.1. The van der Waals surface area contributed by atoms with Crippen LogP contribution in [0.25, 0.3) is 33.3 Å². The quantitative estimate of drug-likeness (QED) is 0.536. The van der Waals surface area contributed by atoms with Gasteiger partial charge in [0.25, 0.3) is 0 Å². The van der Waals surface area contributed by atoms with Gasteiger partial charge in [-0.05, 0) is 6.07 Å². The van der Waals surface area contributed by atoms with Crippen molar-refractivity contribution in [3.63, 3.8) is 0 Å². The van der Waals surface area contributed by atoms with Crippen LogP contribution in [0.2, 0.25) is 0 Å². The average Bonchev–Trinajstić information content (AvgIpc) is 2.93. The number of fused-ring (bicyclic) bond motifs is 3. The second kappa shape index (κ2) is 4.70. The molecule has 4 rings (SSSR count). The molecule has 2 aromatic carbocycles. The number of nitrogens with zero attached hydrogens (tertiary/aromatic N) is 2. The van der Waals surface area contributed by atoms with Crippen LogP contribution in [0.1, 0.15) is 12.7 Å². The van der Waals surface area contributed by atoms with Gasteiger partial charge >= 0.3 is 0 Å². The largest absolute Gasteiger partial charge is 0.438 e. The molecule has 0 saturated carbocycles. The van der Waals surface area contributed by atoms with E-state index in [0.29, 0.717) is 5.71 Å². The van der Waals surface area contributed by atoms with Gasteiger partial charge < -0.3 is 4.42 Å². The van der Waals surface area contributed by atoms with Gasteiger partial charge in [-0.1, -0.05) is 55.5 Å². The smallest absolute Gasteiger partial charge is 0.231 e. The standard InChI is InChI=1S/C18H14N2O/c1-2-15-19-17(12-8-4-3-5-9-12)16-13-10-6-7-11-14(13)21-18(16)20-15/h3-11H,2H2,1H3. The first-order valence-electron chi connectivity index (χ1n) is 7.10. The number of para-hydroxylation sites is 1. The molecule has 0 saturated heterocycles. The van der Waals surface area contributed by atoms with Crippen LogP contribution < -0.4 is 0 Å². The number of hydrogen-bond acceptors (Lipinski definition) is 3. The lowest BCUT2D eigenvalue weighted by Crippen LogP contribution is -1.95. The topological polar surface area (TPSA) is 38.9 Å². The van der Waals surface area contributed by atoms with Crippen molar-refractivity contribution in [2.24, 2.45) is 0 Å². The molecule has 0 aliphatic carbocycles. The highest BCUT2D eigenvalue weighted by atomic mass is 16.3. The lowest BCUT2D eigenvalue weighted by Gasteiger charge is -2.04. The molecule has 0 fully saturated rings. The van der Waals surface area contributed by atoms with E-state index < -0.39 is 0 Å². The number of hydrogen-bond donors (Lipinski definition) is 0. The Morgan fingerprint density at radius 3 is 2.48 bits per heavy atom. The molecule has 0 amide bonds. The SMILES string of the molecule is CCc1nc(-c2ccccc2)c2c(n1)oc1ccccc12. The van der Waals surface area contributed by atoms with Gasteiger partial charge in [0.05, 0.1) is 11.1 Å². The molecule has 102 valence electrons. The normalized spacial score (nSPS) is 11.3. The molecule has 0 N–H and O–H groups in total. The highest BCUT2D eigenvalue weighted by Crippen LogP contribution is 2.34. The minimum absolute atomic E-state index is 0.668. The molecule has 0 spiro atoms. The fourth-order valence-corrected chi connectivity index (χ4v) is 2.63. The van der Waals surface area contributed by atoms with E-state index in [9.17, 15) is 0 Å². The van der Waals surface area contributed by atoms with E-state index in [4.69, 9.17) is 9.40 Å². The van der Waals surface area contributed by atoms with Crippen LogP contribution in [0.3, 0.4) is 0 Å². The molecule has 2 heterocycles. The Morgan fingerprint density at radius 2 is 1.67 bits per heavy atom. The Kier molecular flexibility index (Phi) is 2.71. The van der Waals surface area contributed by atoms with E-state index in [2.05, 4.69) is 30.1 Å². The van der Waals surface area contributed by atoms with Crippen molar-refractivity contribution in [2.75, 3.05) is 0 Å². The van der Waals surface area contributed by atoms with Crippen LogP contribution in [0.4, 0.5) is 0 Å². The van der Waals surface area contributed by atoms with E-state index in [-0.39, 0.29) is 0 Å². The van der Waals surface area contributed by atoms with Crippen molar-refractivity contribution in [2.45, 2.75) is 13.3 Å². The van der Waals surface area contributed by atoms with Gasteiger partial charge in [-0.25, -0.2) is 4.98 Å². The second-order valence-electron chi connectivity index (χ2n) is 4.99. The van der Waals surface area contributed by atoms with Crippen molar-refractivity contribution in [3.05, 3.63) is 60.4 Å². The Bertz CT molecular complexity index is 926. The van der Waals surface area contributed by atoms with Crippen molar-refractivity contribution in [3.8, 4) is 11.3 Å². The summed E-state index contributed by atoms with van der Waals surface area (Å²) >= 11 is 0. The van der Waals surface area contributed by atoms with E-state index in [0.717, 1.165) is 39.9 Å². The summed E-state index contributed by atoms with van der Waals surface area (Å²) in [5.41, 5.74) is 3.56. The summed E-state index contributed by atoms with van der Waals surface area (Å²) in [7, 11) is 0. The van der Waals surface area contributed by atoms with Gasteiger partial charge in [-0.2, -0.15) is 4.98 Å². The summed E-state index contributed by atoms with van der Waals surface area (Å²) in [6.45, 7) is 2.05. The predicted molar refractivity (Wildman–Crippen MR) is 84.1 cm³/mol. The number of rotatable bonds is 2. The van der Waals surface area contributed by atoms with Crippen LogP contribution in [0.5, 0.6) is 0 Å². The van der Waals surface area contributed by atoms with Gasteiger partial charge in [0.2, 0.25) is 5.71 Å². The number of aromatic nitrogens is 2. The van der Waals surface area contributed by atoms with E-state index in [1.807, 2.05) is 36.4 Å². The van der Waals surface area contributed by atoms with E-state index in [1.165, 1.54) is 0 Å². The van der Waals surface area contributed by atoms with E-state index >= 15 is 0 Å². The molecule has 0 aliphatic heterocycles.